The first-order valence-corrected chi connectivity index (χ1v) is 9.75. The molecule has 0 N–H and O–H groups in total. The van der Waals surface area contributed by atoms with Gasteiger partial charge in [-0.3, -0.25) is 9.59 Å². The lowest BCUT2D eigenvalue weighted by molar-refractivity contribution is -0.146. The van der Waals surface area contributed by atoms with Gasteiger partial charge in [-0.15, -0.1) is 0 Å². The third-order valence-electron chi connectivity index (χ3n) is 5.79. The molecule has 5 heteroatoms. The number of hydrogen-bond donors (Lipinski definition) is 0. The molecule has 1 spiro atoms. The van der Waals surface area contributed by atoms with E-state index < -0.39 is 0 Å². The molecular formula is C21H30N2O3. The van der Waals surface area contributed by atoms with Gasteiger partial charge in [-0.1, -0.05) is 30.3 Å². The minimum absolute atomic E-state index is 0.109. The van der Waals surface area contributed by atoms with Crippen LogP contribution in [0, 0.1) is 5.41 Å². The Labute approximate surface area is 156 Å². The highest BCUT2D eigenvalue weighted by Gasteiger charge is 2.49. The number of hydrogen-bond acceptors (Lipinski definition) is 3. The molecule has 0 aromatic heterocycles. The number of aryl methyl sites for hydroxylation is 1. The molecule has 0 unspecified atom stereocenters. The number of nitrogens with zero attached hydrogens (tertiary/aromatic N) is 2. The number of benzene rings is 1. The van der Waals surface area contributed by atoms with Gasteiger partial charge in [-0.05, 0) is 37.7 Å². The molecule has 1 aromatic rings. The van der Waals surface area contributed by atoms with Crippen LogP contribution in [0.25, 0.3) is 0 Å². The number of carbonyl (C=O) groups excluding carboxylic acids is 2. The van der Waals surface area contributed by atoms with Crippen LogP contribution in [0.5, 0.6) is 0 Å². The fourth-order valence-electron chi connectivity index (χ4n) is 4.30. The maximum atomic E-state index is 13.1. The van der Waals surface area contributed by atoms with Crippen LogP contribution in [0.3, 0.4) is 0 Å². The van der Waals surface area contributed by atoms with E-state index in [0.29, 0.717) is 26.1 Å². The lowest BCUT2D eigenvalue weighted by atomic mass is 9.78. The van der Waals surface area contributed by atoms with Crippen molar-refractivity contribution in [1.82, 2.24) is 9.80 Å². The van der Waals surface area contributed by atoms with E-state index in [-0.39, 0.29) is 17.2 Å². The van der Waals surface area contributed by atoms with Crippen LogP contribution in [0.2, 0.25) is 0 Å². The largest absolute Gasteiger partial charge is 0.384 e. The summed E-state index contributed by atoms with van der Waals surface area (Å²) in [5.74, 6) is 0.372. The third-order valence-corrected chi connectivity index (χ3v) is 5.79. The highest BCUT2D eigenvalue weighted by Crippen LogP contribution is 2.40. The van der Waals surface area contributed by atoms with Gasteiger partial charge in [0.2, 0.25) is 11.8 Å². The zero-order chi connectivity index (χ0) is 18.4. The first kappa shape index (κ1) is 18.9. The molecular weight excluding hydrogens is 328 g/mol. The summed E-state index contributed by atoms with van der Waals surface area (Å²) in [6.45, 7) is 3.40. The van der Waals surface area contributed by atoms with E-state index in [1.54, 1.807) is 7.11 Å². The van der Waals surface area contributed by atoms with Crippen molar-refractivity contribution in [2.24, 2.45) is 5.41 Å². The van der Waals surface area contributed by atoms with Gasteiger partial charge in [-0.2, -0.15) is 0 Å². The van der Waals surface area contributed by atoms with E-state index in [0.717, 1.165) is 45.2 Å². The highest BCUT2D eigenvalue weighted by atomic mass is 16.5. The maximum absolute atomic E-state index is 13.1. The standard InChI is InChI=1S/C21H30N2O3/c1-26-16-10-19(24)23-15-12-21(17-23)11-6-14-22(20(21)25)13-5-9-18-7-3-2-4-8-18/h2-4,7-8H,5-6,9-17H2,1H3/t21-/m0/s1. The van der Waals surface area contributed by atoms with Crippen molar-refractivity contribution < 1.29 is 14.3 Å². The van der Waals surface area contributed by atoms with Gasteiger partial charge in [0.25, 0.3) is 0 Å². The molecule has 3 rings (SSSR count). The molecule has 2 aliphatic rings. The van der Waals surface area contributed by atoms with Crippen molar-refractivity contribution in [3.05, 3.63) is 35.9 Å². The van der Waals surface area contributed by atoms with Gasteiger partial charge < -0.3 is 14.5 Å². The molecule has 2 amide bonds. The van der Waals surface area contributed by atoms with Gasteiger partial charge in [0, 0.05) is 33.3 Å². The van der Waals surface area contributed by atoms with Crippen LogP contribution in [-0.4, -0.2) is 61.5 Å². The van der Waals surface area contributed by atoms with Gasteiger partial charge >= 0.3 is 0 Å². The number of amides is 2. The molecule has 5 nitrogen and oxygen atoms in total. The molecule has 26 heavy (non-hydrogen) atoms. The molecule has 142 valence electrons. The van der Waals surface area contributed by atoms with Crippen LogP contribution < -0.4 is 0 Å². The van der Waals surface area contributed by atoms with Crippen LogP contribution in [0.4, 0.5) is 0 Å². The van der Waals surface area contributed by atoms with Crippen molar-refractivity contribution in [2.45, 2.75) is 38.5 Å². The summed E-state index contributed by atoms with van der Waals surface area (Å²) in [5, 5.41) is 0. The lowest BCUT2D eigenvalue weighted by Gasteiger charge is -2.39. The summed E-state index contributed by atoms with van der Waals surface area (Å²) >= 11 is 0. The molecule has 0 radical (unpaired) electrons. The van der Waals surface area contributed by atoms with Gasteiger partial charge in [0.15, 0.2) is 0 Å². The van der Waals surface area contributed by atoms with Gasteiger partial charge in [0.1, 0.15) is 0 Å². The number of piperidine rings is 1. The number of carbonyl (C=O) groups is 2. The van der Waals surface area contributed by atoms with Crippen molar-refractivity contribution in [2.75, 3.05) is 39.9 Å². The van der Waals surface area contributed by atoms with E-state index in [4.69, 9.17) is 4.74 Å². The topological polar surface area (TPSA) is 49.9 Å². The number of methoxy groups -OCH3 is 1. The first-order valence-electron chi connectivity index (χ1n) is 9.75. The normalized spacial score (nSPS) is 23.0. The Kier molecular flexibility index (Phi) is 6.30. The summed E-state index contributed by atoms with van der Waals surface area (Å²) in [7, 11) is 1.61. The molecule has 0 aliphatic carbocycles. The molecule has 2 saturated heterocycles. The zero-order valence-electron chi connectivity index (χ0n) is 15.8. The number of rotatable bonds is 7. The maximum Gasteiger partial charge on any atom is 0.230 e. The minimum atomic E-state index is -0.340. The quantitative estimate of drug-likeness (QED) is 0.752. The lowest BCUT2D eigenvalue weighted by Crippen LogP contribution is -2.50. The Morgan fingerprint density at radius 3 is 2.77 bits per heavy atom. The molecule has 1 atom stereocenters. The van der Waals surface area contributed by atoms with E-state index in [1.165, 1.54) is 5.56 Å². The fraction of sp³-hybridized carbons (Fsp3) is 0.619. The summed E-state index contributed by atoms with van der Waals surface area (Å²) in [4.78, 5) is 29.3. The second-order valence-corrected chi connectivity index (χ2v) is 7.57. The third kappa shape index (κ3) is 4.26. The molecule has 1 aromatic carbocycles. The Bertz CT molecular complexity index is 619. The monoisotopic (exact) mass is 358 g/mol. The number of likely N-dealkylation sites (tertiary alicyclic amines) is 2. The Balaban J connectivity index is 1.53. The van der Waals surface area contributed by atoms with Crippen LogP contribution >= 0.6 is 0 Å². The van der Waals surface area contributed by atoms with E-state index in [1.807, 2.05) is 15.9 Å². The minimum Gasteiger partial charge on any atom is -0.384 e. The van der Waals surface area contributed by atoms with Gasteiger partial charge in [0.05, 0.1) is 18.4 Å². The van der Waals surface area contributed by atoms with Crippen molar-refractivity contribution in [3.8, 4) is 0 Å². The Morgan fingerprint density at radius 2 is 2.00 bits per heavy atom. The summed E-state index contributed by atoms with van der Waals surface area (Å²) in [6.07, 6.45) is 5.15. The second-order valence-electron chi connectivity index (χ2n) is 7.57. The summed E-state index contributed by atoms with van der Waals surface area (Å²) < 4.78 is 5.01. The van der Waals surface area contributed by atoms with E-state index in [9.17, 15) is 9.59 Å². The van der Waals surface area contributed by atoms with E-state index in [2.05, 4.69) is 24.3 Å². The summed E-state index contributed by atoms with van der Waals surface area (Å²) in [5.41, 5.74) is 0.982. The zero-order valence-corrected chi connectivity index (χ0v) is 15.8. The molecule has 0 saturated carbocycles. The number of ether oxygens (including phenoxy) is 1. The van der Waals surface area contributed by atoms with Gasteiger partial charge in [-0.25, -0.2) is 0 Å². The van der Waals surface area contributed by atoms with Crippen LogP contribution in [0.15, 0.2) is 30.3 Å². The molecule has 2 fully saturated rings. The Morgan fingerprint density at radius 1 is 1.19 bits per heavy atom. The smallest absolute Gasteiger partial charge is 0.230 e. The molecule has 2 heterocycles. The van der Waals surface area contributed by atoms with E-state index >= 15 is 0 Å². The average Bonchev–Trinajstić information content (AvgIpc) is 3.09. The van der Waals surface area contributed by atoms with Crippen molar-refractivity contribution in [1.29, 1.82) is 0 Å². The fourth-order valence-corrected chi connectivity index (χ4v) is 4.30. The first-order chi connectivity index (χ1) is 12.6. The van der Waals surface area contributed by atoms with Crippen molar-refractivity contribution >= 4 is 11.8 Å². The predicted molar refractivity (Wildman–Crippen MR) is 101 cm³/mol. The van der Waals surface area contributed by atoms with Crippen LogP contribution in [-0.2, 0) is 20.7 Å². The SMILES string of the molecule is COCCC(=O)N1CC[C@@]2(CCCN(CCCc3ccccc3)C2=O)C1. The van der Waals surface area contributed by atoms with Crippen molar-refractivity contribution in [3.63, 3.8) is 0 Å². The molecule has 0 bridgehead atoms. The predicted octanol–water partition coefficient (Wildman–Crippen LogP) is 2.50. The summed E-state index contributed by atoms with van der Waals surface area (Å²) in [6, 6.07) is 10.4. The Hall–Kier alpha value is -1.88. The highest BCUT2D eigenvalue weighted by molar-refractivity contribution is 5.86. The molecule has 2 aliphatic heterocycles. The average molecular weight is 358 g/mol. The second kappa shape index (κ2) is 8.67. The van der Waals surface area contributed by atoms with Crippen LogP contribution in [0.1, 0.15) is 37.7 Å².